The molecule has 1 aliphatic carbocycles. The average Bonchev–Trinajstić information content (AvgIpc) is 2.66. The first kappa shape index (κ1) is 16.0. The molecule has 1 fully saturated rings. The molecule has 1 unspecified atom stereocenters. The number of urea groups is 1. The van der Waals surface area contributed by atoms with Gasteiger partial charge in [0.15, 0.2) is 0 Å². The lowest BCUT2D eigenvalue weighted by Gasteiger charge is -2.14. The van der Waals surface area contributed by atoms with Crippen molar-refractivity contribution in [1.29, 1.82) is 0 Å². The minimum atomic E-state index is -0.437. The molecule has 0 saturated heterocycles. The van der Waals surface area contributed by atoms with Crippen LogP contribution in [0.15, 0.2) is 0 Å². The molecule has 0 bridgehead atoms. The largest absolute Gasteiger partial charge is 0.338 e. The van der Waals surface area contributed by atoms with Crippen LogP contribution in [0, 0.1) is 16.7 Å². The van der Waals surface area contributed by atoms with Crippen LogP contribution in [0.2, 0.25) is 0 Å². The van der Waals surface area contributed by atoms with E-state index in [-0.39, 0.29) is 11.9 Å². The van der Waals surface area contributed by atoms with Gasteiger partial charge in [-0.1, -0.05) is 27.7 Å². The molecule has 0 aliphatic heterocycles. The van der Waals surface area contributed by atoms with Crippen molar-refractivity contribution in [2.75, 3.05) is 13.1 Å². The van der Waals surface area contributed by atoms with E-state index in [2.05, 4.69) is 43.6 Å². The average molecular weight is 269 g/mol. The quantitative estimate of drug-likeness (QED) is 0.708. The van der Waals surface area contributed by atoms with Gasteiger partial charge in [0.25, 0.3) is 0 Å². The van der Waals surface area contributed by atoms with Crippen molar-refractivity contribution in [1.82, 2.24) is 16.0 Å². The lowest BCUT2D eigenvalue weighted by Crippen LogP contribution is -2.48. The Morgan fingerprint density at radius 1 is 1.16 bits per heavy atom. The first-order chi connectivity index (χ1) is 8.64. The highest BCUT2D eigenvalue weighted by Gasteiger charge is 2.63. The standard InChI is InChI=1S/C14H27N3O2/c1-7-15-12(19)17-11(18)9(2)16-8-10-13(3,4)14(10,5)6/h9-10,16H,7-8H2,1-6H3,(H2,15,17,18,19). The molecule has 3 amide bonds. The third-order valence-electron chi connectivity index (χ3n) is 4.92. The Hall–Kier alpha value is -1.10. The van der Waals surface area contributed by atoms with Crippen LogP contribution < -0.4 is 16.0 Å². The van der Waals surface area contributed by atoms with Crippen LogP contribution in [-0.4, -0.2) is 31.1 Å². The van der Waals surface area contributed by atoms with Gasteiger partial charge in [-0.3, -0.25) is 10.1 Å². The molecule has 0 radical (unpaired) electrons. The molecule has 0 aromatic heterocycles. The van der Waals surface area contributed by atoms with Crippen LogP contribution in [0.1, 0.15) is 41.5 Å². The smallest absolute Gasteiger partial charge is 0.321 e. The van der Waals surface area contributed by atoms with E-state index in [1.165, 1.54) is 0 Å². The Morgan fingerprint density at radius 3 is 2.11 bits per heavy atom. The van der Waals surface area contributed by atoms with Crippen molar-refractivity contribution in [3.63, 3.8) is 0 Å². The first-order valence-electron chi connectivity index (χ1n) is 6.96. The van der Waals surface area contributed by atoms with Crippen LogP contribution >= 0.6 is 0 Å². The number of amides is 3. The molecule has 19 heavy (non-hydrogen) atoms. The molecule has 0 aromatic carbocycles. The van der Waals surface area contributed by atoms with E-state index >= 15 is 0 Å². The zero-order valence-corrected chi connectivity index (χ0v) is 12.9. The topological polar surface area (TPSA) is 70.2 Å². The van der Waals surface area contributed by atoms with Gasteiger partial charge in [0.2, 0.25) is 5.91 Å². The zero-order chi connectivity index (χ0) is 14.8. The summed E-state index contributed by atoms with van der Waals surface area (Å²) in [4.78, 5) is 23.0. The van der Waals surface area contributed by atoms with Gasteiger partial charge >= 0.3 is 6.03 Å². The van der Waals surface area contributed by atoms with E-state index < -0.39 is 6.03 Å². The second-order valence-electron chi connectivity index (χ2n) is 6.47. The van der Waals surface area contributed by atoms with Gasteiger partial charge in [-0.2, -0.15) is 0 Å². The summed E-state index contributed by atoms with van der Waals surface area (Å²) in [6.45, 7) is 13.9. The van der Waals surface area contributed by atoms with E-state index in [1.807, 2.05) is 6.92 Å². The third kappa shape index (κ3) is 3.26. The fourth-order valence-electron chi connectivity index (χ4n) is 2.66. The van der Waals surface area contributed by atoms with Crippen molar-refractivity contribution in [3.8, 4) is 0 Å². The summed E-state index contributed by atoms with van der Waals surface area (Å²) in [5, 5.41) is 8.06. The number of hydrogen-bond acceptors (Lipinski definition) is 3. The number of carbonyl (C=O) groups excluding carboxylic acids is 2. The highest BCUT2D eigenvalue weighted by molar-refractivity contribution is 5.96. The van der Waals surface area contributed by atoms with Gasteiger partial charge in [-0.05, 0) is 37.1 Å². The third-order valence-corrected chi connectivity index (χ3v) is 4.92. The summed E-state index contributed by atoms with van der Waals surface area (Å²) in [5.41, 5.74) is 0.603. The summed E-state index contributed by atoms with van der Waals surface area (Å²) in [6.07, 6.45) is 0. The molecule has 1 saturated carbocycles. The molecular formula is C14H27N3O2. The lowest BCUT2D eigenvalue weighted by molar-refractivity contribution is -0.121. The SMILES string of the molecule is CCNC(=O)NC(=O)C(C)NCC1C(C)(C)C1(C)C. The summed E-state index contributed by atoms with van der Waals surface area (Å²) in [5.74, 6) is 0.266. The molecule has 1 atom stereocenters. The first-order valence-corrected chi connectivity index (χ1v) is 6.96. The Kier molecular flexibility index (Phi) is 4.61. The lowest BCUT2D eigenvalue weighted by atomic mass is 10.0. The minimum absolute atomic E-state index is 0.290. The fraction of sp³-hybridized carbons (Fsp3) is 0.857. The van der Waals surface area contributed by atoms with E-state index in [4.69, 9.17) is 0 Å². The maximum Gasteiger partial charge on any atom is 0.321 e. The Morgan fingerprint density at radius 2 is 1.68 bits per heavy atom. The van der Waals surface area contributed by atoms with Crippen LogP contribution in [-0.2, 0) is 4.79 Å². The molecule has 3 N–H and O–H groups in total. The van der Waals surface area contributed by atoms with Crippen molar-refractivity contribution >= 4 is 11.9 Å². The number of hydrogen-bond donors (Lipinski definition) is 3. The summed E-state index contributed by atoms with van der Waals surface area (Å²) in [6, 6.07) is -0.803. The maximum atomic E-state index is 11.7. The number of rotatable bonds is 5. The molecule has 0 spiro atoms. The van der Waals surface area contributed by atoms with Crippen molar-refractivity contribution in [2.24, 2.45) is 16.7 Å². The van der Waals surface area contributed by atoms with E-state index in [1.54, 1.807) is 6.92 Å². The van der Waals surface area contributed by atoms with Crippen LogP contribution in [0.25, 0.3) is 0 Å². The number of imide groups is 1. The molecule has 1 aliphatic rings. The van der Waals surface area contributed by atoms with Crippen molar-refractivity contribution in [2.45, 2.75) is 47.6 Å². The van der Waals surface area contributed by atoms with Gasteiger partial charge in [0.05, 0.1) is 6.04 Å². The molecule has 1 rings (SSSR count). The summed E-state index contributed by atoms with van der Waals surface area (Å²) < 4.78 is 0. The Bertz CT molecular complexity index is 350. The highest BCUT2D eigenvalue weighted by atomic mass is 16.2. The Balaban J connectivity index is 2.34. The van der Waals surface area contributed by atoms with Gasteiger partial charge in [0, 0.05) is 6.54 Å². The second-order valence-corrected chi connectivity index (χ2v) is 6.47. The predicted octanol–water partition coefficient (Wildman–Crippen LogP) is 1.49. The number of nitrogens with one attached hydrogen (secondary N) is 3. The molecule has 0 aromatic rings. The van der Waals surface area contributed by atoms with E-state index in [0.717, 1.165) is 6.54 Å². The summed E-state index contributed by atoms with van der Waals surface area (Å²) >= 11 is 0. The normalized spacial score (nSPS) is 21.6. The van der Waals surface area contributed by atoms with Crippen molar-refractivity contribution in [3.05, 3.63) is 0 Å². The molecule has 0 heterocycles. The van der Waals surface area contributed by atoms with Gasteiger partial charge in [0.1, 0.15) is 0 Å². The zero-order valence-electron chi connectivity index (χ0n) is 12.9. The minimum Gasteiger partial charge on any atom is -0.338 e. The molecular weight excluding hydrogens is 242 g/mol. The van der Waals surface area contributed by atoms with Gasteiger partial charge in [-0.25, -0.2) is 4.79 Å². The maximum absolute atomic E-state index is 11.7. The van der Waals surface area contributed by atoms with Crippen LogP contribution in [0.5, 0.6) is 0 Å². The van der Waals surface area contributed by atoms with E-state index in [0.29, 0.717) is 23.3 Å². The second kappa shape index (κ2) is 5.49. The van der Waals surface area contributed by atoms with Crippen molar-refractivity contribution < 1.29 is 9.59 Å². The van der Waals surface area contributed by atoms with Gasteiger partial charge in [-0.15, -0.1) is 0 Å². The number of carbonyl (C=O) groups is 2. The van der Waals surface area contributed by atoms with E-state index in [9.17, 15) is 9.59 Å². The fourth-order valence-corrected chi connectivity index (χ4v) is 2.66. The highest BCUT2D eigenvalue weighted by Crippen LogP contribution is 2.67. The molecule has 5 nitrogen and oxygen atoms in total. The predicted molar refractivity (Wildman–Crippen MR) is 75.7 cm³/mol. The summed E-state index contributed by atoms with van der Waals surface area (Å²) in [7, 11) is 0. The van der Waals surface area contributed by atoms with Gasteiger partial charge < -0.3 is 10.6 Å². The van der Waals surface area contributed by atoms with Crippen LogP contribution in [0.4, 0.5) is 4.79 Å². The Labute approximate surface area is 115 Å². The van der Waals surface area contributed by atoms with Crippen LogP contribution in [0.3, 0.4) is 0 Å². The monoisotopic (exact) mass is 269 g/mol. The molecule has 5 heteroatoms. The molecule has 110 valence electrons.